The van der Waals surface area contributed by atoms with E-state index >= 15 is 0 Å². The van der Waals surface area contributed by atoms with Crippen LogP contribution in [0.4, 0.5) is 5.82 Å². The fourth-order valence-corrected chi connectivity index (χ4v) is 3.72. The van der Waals surface area contributed by atoms with E-state index in [4.69, 9.17) is 16.5 Å². The number of nitrogens with zero attached hydrogens (tertiary/aromatic N) is 3. The third-order valence-electron chi connectivity index (χ3n) is 5.37. The molecule has 0 saturated heterocycles. The van der Waals surface area contributed by atoms with Crippen LogP contribution in [0.15, 0.2) is 41.4 Å². The SMILES string of the molecule is CC(C)(C)c1nc(-c2ccc3c(c2)CN=C3N)c(-c2ccc3c(N)n[nH]c3c2)[nH]1. The highest BCUT2D eigenvalue weighted by Crippen LogP contribution is 2.36. The second-order valence-electron chi connectivity index (χ2n) is 8.50. The number of hydrogen-bond acceptors (Lipinski definition) is 5. The van der Waals surface area contributed by atoms with Crippen LogP contribution in [0, 0.1) is 0 Å². The summed E-state index contributed by atoms with van der Waals surface area (Å²) in [7, 11) is 0. The molecule has 1 aliphatic heterocycles. The molecule has 4 aromatic rings. The average Bonchev–Trinajstić information content (AvgIpc) is 3.39. The van der Waals surface area contributed by atoms with Crippen molar-refractivity contribution < 1.29 is 0 Å². The monoisotopic (exact) mass is 385 g/mol. The average molecular weight is 385 g/mol. The van der Waals surface area contributed by atoms with Gasteiger partial charge < -0.3 is 16.5 Å². The molecule has 7 nitrogen and oxygen atoms in total. The number of amidine groups is 1. The minimum absolute atomic E-state index is 0.111. The molecule has 6 N–H and O–H groups in total. The molecule has 146 valence electrons. The molecule has 2 aromatic heterocycles. The third kappa shape index (κ3) is 2.77. The van der Waals surface area contributed by atoms with Gasteiger partial charge in [0.2, 0.25) is 0 Å². The Morgan fingerprint density at radius 1 is 1.00 bits per heavy atom. The zero-order valence-electron chi connectivity index (χ0n) is 16.7. The summed E-state index contributed by atoms with van der Waals surface area (Å²) in [6.45, 7) is 7.06. The van der Waals surface area contributed by atoms with Gasteiger partial charge in [0.1, 0.15) is 11.7 Å². The van der Waals surface area contributed by atoms with Crippen molar-refractivity contribution in [3.05, 3.63) is 53.3 Å². The molecule has 0 saturated carbocycles. The molecule has 0 fully saturated rings. The van der Waals surface area contributed by atoms with Crippen molar-refractivity contribution in [2.24, 2.45) is 10.7 Å². The molecule has 3 heterocycles. The van der Waals surface area contributed by atoms with Gasteiger partial charge in [0.15, 0.2) is 5.82 Å². The quantitative estimate of drug-likeness (QED) is 0.420. The molecular weight excluding hydrogens is 362 g/mol. The minimum atomic E-state index is -0.111. The predicted octanol–water partition coefficient (Wildman–Crippen LogP) is 3.72. The van der Waals surface area contributed by atoms with Gasteiger partial charge in [0.05, 0.1) is 23.4 Å². The zero-order chi connectivity index (χ0) is 20.3. The highest BCUT2D eigenvalue weighted by atomic mass is 15.1. The summed E-state index contributed by atoms with van der Waals surface area (Å²) >= 11 is 0. The standard InChI is InChI=1S/C22H23N7/c1-22(2,3)21-26-17(11-4-6-14-13(8-11)10-25-19(14)23)18(27-21)12-5-7-15-16(9-12)28-29-20(15)24/h4-9H,10H2,1-3H3,(H2,23,25)(H,26,27)(H3,24,28,29). The lowest BCUT2D eigenvalue weighted by atomic mass is 9.96. The Bertz CT molecular complexity index is 1280. The number of nitrogens with one attached hydrogen (secondary N) is 2. The van der Waals surface area contributed by atoms with E-state index in [0.717, 1.165) is 50.4 Å². The highest BCUT2D eigenvalue weighted by molar-refractivity contribution is 6.01. The van der Waals surface area contributed by atoms with Gasteiger partial charge in [-0.05, 0) is 23.8 Å². The summed E-state index contributed by atoms with van der Waals surface area (Å²) in [6.07, 6.45) is 0. The second-order valence-corrected chi connectivity index (χ2v) is 8.50. The minimum Gasteiger partial charge on any atom is -0.383 e. The van der Waals surface area contributed by atoms with Gasteiger partial charge >= 0.3 is 0 Å². The van der Waals surface area contributed by atoms with E-state index in [1.807, 2.05) is 18.2 Å². The summed E-state index contributed by atoms with van der Waals surface area (Å²) < 4.78 is 0. The molecule has 2 aromatic carbocycles. The number of fused-ring (bicyclic) bond motifs is 2. The van der Waals surface area contributed by atoms with E-state index in [1.54, 1.807) is 0 Å². The van der Waals surface area contributed by atoms with Crippen LogP contribution >= 0.6 is 0 Å². The number of imidazole rings is 1. The van der Waals surface area contributed by atoms with Gasteiger partial charge in [-0.1, -0.05) is 39.0 Å². The number of aliphatic imine (C=N–C) groups is 1. The Labute approximate surface area is 168 Å². The predicted molar refractivity (Wildman–Crippen MR) is 117 cm³/mol. The summed E-state index contributed by atoms with van der Waals surface area (Å²) in [6, 6.07) is 12.3. The number of anilines is 1. The number of aromatic amines is 2. The van der Waals surface area contributed by atoms with Gasteiger partial charge in [0, 0.05) is 27.5 Å². The summed E-state index contributed by atoms with van der Waals surface area (Å²) in [5.74, 6) is 2.04. The number of benzene rings is 2. The molecule has 0 aliphatic carbocycles. The molecule has 0 spiro atoms. The Kier molecular flexibility index (Phi) is 3.58. The van der Waals surface area contributed by atoms with E-state index in [1.165, 1.54) is 0 Å². The Morgan fingerprint density at radius 3 is 2.59 bits per heavy atom. The van der Waals surface area contributed by atoms with Crippen LogP contribution in [0.1, 0.15) is 37.7 Å². The number of H-pyrrole nitrogens is 2. The third-order valence-corrected chi connectivity index (χ3v) is 5.37. The topological polar surface area (TPSA) is 122 Å². The molecule has 0 radical (unpaired) electrons. The summed E-state index contributed by atoms with van der Waals surface area (Å²) in [4.78, 5) is 12.9. The molecule has 5 rings (SSSR count). The van der Waals surface area contributed by atoms with Crippen molar-refractivity contribution in [1.82, 2.24) is 20.2 Å². The molecule has 0 bridgehead atoms. The Hall–Kier alpha value is -3.61. The molecule has 7 heteroatoms. The van der Waals surface area contributed by atoms with Crippen molar-refractivity contribution >= 4 is 22.6 Å². The number of hydrogen-bond donors (Lipinski definition) is 4. The molecule has 29 heavy (non-hydrogen) atoms. The van der Waals surface area contributed by atoms with E-state index in [-0.39, 0.29) is 5.41 Å². The van der Waals surface area contributed by atoms with E-state index in [0.29, 0.717) is 18.2 Å². The lowest BCUT2D eigenvalue weighted by Crippen LogP contribution is -2.13. The van der Waals surface area contributed by atoms with Crippen LogP contribution in [0.5, 0.6) is 0 Å². The van der Waals surface area contributed by atoms with Gasteiger partial charge in [-0.25, -0.2) is 4.98 Å². The van der Waals surface area contributed by atoms with Crippen LogP contribution in [-0.4, -0.2) is 26.0 Å². The zero-order valence-corrected chi connectivity index (χ0v) is 16.7. The first kappa shape index (κ1) is 17.5. The Morgan fingerprint density at radius 2 is 1.79 bits per heavy atom. The lowest BCUT2D eigenvalue weighted by Gasteiger charge is -2.14. The maximum absolute atomic E-state index is 5.98. The fourth-order valence-electron chi connectivity index (χ4n) is 3.72. The largest absolute Gasteiger partial charge is 0.383 e. The maximum atomic E-state index is 5.98. The van der Waals surface area contributed by atoms with Gasteiger partial charge in [-0.15, -0.1) is 0 Å². The second kappa shape index (κ2) is 5.94. The fraction of sp³-hybridized carbons (Fsp3) is 0.227. The van der Waals surface area contributed by atoms with Crippen LogP contribution in [0.2, 0.25) is 0 Å². The summed E-state index contributed by atoms with van der Waals surface area (Å²) in [5.41, 5.74) is 18.8. The Balaban J connectivity index is 1.69. The van der Waals surface area contributed by atoms with E-state index in [9.17, 15) is 0 Å². The maximum Gasteiger partial charge on any atom is 0.153 e. The number of rotatable bonds is 2. The smallest absolute Gasteiger partial charge is 0.153 e. The van der Waals surface area contributed by atoms with Gasteiger partial charge in [-0.2, -0.15) is 5.10 Å². The molecular formula is C22H23N7. The lowest BCUT2D eigenvalue weighted by molar-refractivity contribution is 0.553. The van der Waals surface area contributed by atoms with Gasteiger partial charge in [-0.3, -0.25) is 10.1 Å². The summed E-state index contributed by atoms with van der Waals surface area (Å²) in [5, 5.41) is 8.01. The molecule has 0 unspecified atom stereocenters. The first-order chi connectivity index (χ1) is 13.8. The first-order valence-corrected chi connectivity index (χ1v) is 9.59. The van der Waals surface area contributed by atoms with Crippen molar-refractivity contribution in [3.63, 3.8) is 0 Å². The van der Waals surface area contributed by atoms with Crippen molar-refractivity contribution in [3.8, 4) is 22.5 Å². The van der Waals surface area contributed by atoms with Gasteiger partial charge in [0.25, 0.3) is 0 Å². The molecule has 0 amide bonds. The molecule has 1 aliphatic rings. The van der Waals surface area contributed by atoms with E-state index < -0.39 is 0 Å². The van der Waals surface area contributed by atoms with Crippen LogP contribution in [-0.2, 0) is 12.0 Å². The van der Waals surface area contributed by atoms with Crippen molar-refractivity contribution in [2.75, 3.05) is 5.73 Å². The van der Waals surface area contributed by atoms with E-state index in [2.05, 4.69) is 59.1 Å². The normalized spacial score (nSPS) is 13.7. The number of aromatic nitrogens is 4. The van der Waals surface area contributed by atoms with Crippen LogP contribution in [0.25, 0.3) is 33.4 Å². The first-order valence-electron chi connectivity index (χ1n) is 9.59. The van der Waals surface area contributed by atoms with Crippen LogP contribution < -0.4 is 11.5 Å². The van der Waals surface area contributed by atoms with Crippen molar-refractivity contribution in [2.45, 2.75) is 32.7 Å². The highest BCUT2D eigenvalue weighted by Gasteiger charge is 2.24. The molecule has 0 atom stereocenters. The van der Waals surface area contributed by atoms with Crippen molar-refractivity contribution in [1.29, 1.82) is 0 Å². The number of nitrogen functional groups attached to an aromatic ring is 1. The van der Waals surface area contributed by atoms with Crippen LogP contribution in [0.3, 0.4) is 0 Å². The number of nitrogens with two attached hydrogens (primary N) is 2.